The van der Waals surface area contributed by atoms with Gasteiger partial charge >= 0.3 is 0 Å². The highest BCUT2D eigenvalue weighted by molar-refractivity contribution is 7.80. The van der Waals surface area contributed by atoms with Crippen LogP contribution in [-0.2, 0) is 0 Å². The largest absolute Gasteiger partial charge is 0.363 e. The van der Waals surface area contributed by atoms with E-state index in [1.54, 1.807) is 0 Å². The van der Waals surface area contributed by atoms with Gasteiger partial charge in [0.15, 0.2) is 5.11 Å². The third kappa shape index (κ3) is 6.82. The fourth-order valence-corrected chi connectivity index (χ4v) is 0.920. The molecule has 0 heterocycles. The summed E-state index contributed by atoms with van der Waals surface area (Å²) in [5.41, 5.74) is 0.331. The zero-order valence-electron chi connectivity index (χ0n) is 9.24. The molecule has 0 saturated carbocycles. The second-order valence-electron chi connectivity index (χ2n) is 4.13. The van der Waals surface area contributed by atoms with Crippen LogP contribution in [0, 0.1) is 5.41 Å². The number of hydrogen-bond acceptors (Lipinski definition) is 1. The summed E-state index contributed by atoms with van der Waals surface area (Å²) in [6.45, 7) is 10.7. The van der Waals surface area contributed by atoms with Gasteiger partial charge in [0.2, 0.25) is 0 Å². The van der Waals surface area contributed by atoms with E-state index < -0.39 is 0 Å². The summed E-state index contributed by atoms with van der Waals surface area (Å²) >= 11 is 5.11. The van der Waals surface area contributed by atoms with Gasteiger partial charge in [0, 0.05) is 13.1 Å². The van der Waals surface area contributed by atoms with Crippen molar-refractivity contribution in [1.29, 1.82) is 0 Å². The van der Waals surface area contributed by atoms with Crippen LogP contribution in [0.4, 0.5) is 0 Å². The first kappa shape index (κ1) is 12.7. The Morgan fingerprint density at radius 1 is 1.23 bits per heavy atom. The SMILES string of the molecule is CCCNC(=S)NCC(C)(C)CC. The van der Waals surface area contributed by atoms with E-state index in [0.717, 1.165) is 31.0 Å². The van der Waals surface area contributed by atoms with E-state index in [0.29, 0.717) is 5.41 Å². The van der Waals surface area contributed by atoms with E-state index in [4.69, 9.17) is 12.2 Å². The lowest BCUT2D eigenvalue weighted by Crippen LogP contribution is -2.40. The molecular formula is C10H22N2S. The zero-order chi connectivity index (χ0) is 10.3. The van der Waals surface area contributed by atoms with E-state index in [2.05, 4.69) is 38.3 Å². The van der Waals surface area contributed by atoms with Gasteiger partial charge in [-0.3, -0.25) is 0 Å². The van der Waals surface area contributed by atoms with Crippen molar-refractivity contribution in [2.24, 2.45) is 5.41 Å². The summed E-state index contributed by atoms with van der Waals surface area (Å²) in [4.78, 5) is 0. The first-order valence-corrected chi connectivity index (χ1v) is 5.44. The Balaban J connectivity index is 3.57. The molecule has 0 saturated heterocycles. The van der Waals surface area contributed by atoms with Crippen LogP contribution in [0.2, 0.25) is 0 Å². The molecule has 0 radical (unpaired) electrons. The van der Waals surface area contributed by atoms with Crippen LogP contribution in [0.1, 0.15) is 40.5 Å². The molecule has 0 aromatic rings. The maximum atomic E-state index is 5.11. The van der Waals surface area contributed by atoms with Crippen molar-refractivity contribution in [2.75, 3.05) is 13.1 Å². The highest BCUT2D eigenvalue weighted by Crippen LogP contribution is 2.17. The molecule has 0 bridgehead atoms. The average molecular weight is 202 g/mol. The van der Waals surface area contributed by atoms with Crippen LogP contribution in [0.25, 0.3) is 0 Å². The monoisotopic (exact) mass is 202 g/mol. The fourth-order valence-electron chi connectivity index (χ4n) is 0.746. The minimum atomic E-state index is 0.331. The molecule has 2 N–H and O–H groups in total. The van der Waals surface area contributed by atoms with E-state index in [1.807, 2.05) is 0 Å². The van der Waals surface area contributed by atoms with Crippen LogP contribution in [0.5, 0.6) is 0 Å². The van der Waals surface area contributed by atoms with Gasteiger partial charge in [-0.25, -0.2) is 0 Å². The summed E-state index contributed by atoms with van der Waals surface area (Å²) < 4.78 is 0. The minimum absolute atomic E-state index is 0.331. The van der Waals surface area contributed by atoms with E-state index >= 15 is 0 Å². The first-order chi connectivity index (χ1) is 6.02. The maximum absolute atomic E-state index is 5.11. The Kier molecular flexibility index (Phi) is 6.04. The van der Waals surface area contributed by atoms with Crippen molar-refractivity contribution < 1.29 is 0 Å². The predicted octanol–water partition coefficient (Wildman–Crippen LogP) is 2.30. The molecule has 0 aromatic heterocycles. The Hall–Kier alpha value is -0.310. The fraction of sp³-hybridized carbons (Fsp3) is 0.900. The molecule has 0 aliphatic heterocycles. The Morgan fingerprint density at radius 3 is 2.31 bits per heavy atom. The summed E-state index contributed by atoms with van der Waals surface area (Å²) in [6.07, 6.45) is 2.27. The van der Waals surface area contributed by atoms with Gasteiger partial charge in [0.25, 0.3) is 0 Å². The molecule has 0 aromatic carbocycles. The number of nitrogens with one attached hydrogen (secondary N) is 2. The number of rotatable bonds is 5. The number of hydrogen-bond donors (Lipinski definition) is 2. The van der Waals surface area contributed by atoms with Gasteiger partial charge in [-0.2, -0.15) is 0 Å². The first-order valence-electron chi connectivity index (χ1n) is 5.03. The molecule has 0 rings (SSSR count). The van der Waals surface area contributed by atoms with Crippen LogP contribution >= 0.6 is 12.2 Å². The topological polar surface area (TPSA) is 24.1 Å². The standard InChI is InChI=1S/C10H22N2S/c1-5-7-11-9(13)12-8-10(3,4)6-2/h5-8H2,1-4H3,(H2,11,12,13). The smallest absolute Gasteiger partial charge is 0.166 e. The Labute approximate surface area is 87.5 Å². The normalized spacial score (nSPS) is 11.1. The van der Waals surface area contributed by atoms with Gasteiger partial charge in [-0.1, -0.05) is 27.7 Å². The van der Waals surface area contributed by atoms with Crippen LogP contribution in [0.15, 0.2) is 0 Å². The van der Waals surface area contributed by atoms with Gasteiger partial charge in [-0.15, -0.1) is 0 Å². The molecule has 0 atom stereocenters. The van der Waals surface area contributed by atoms with Crippen molar-refractivity contribution >= 4 is 17.3 Å². The van der Waals surface area contributed by atoms with Crippen LogP contribution < -0.4 is 10.6 Å². The van der Waals surface area contributed by atoms with E-state index in [9.17, 15) is 0 Å². The lowest BCUT2D eigenvalue weighted by molar-refractivity contribution is 0.349. The zero-order valence-corrected chi connectivity index (χ0v) is 10.1. The van der Waals surface area contributed by atoms with Crippen molar-refractivity contribution in [3.05, 3.63) is 0 Å². The molecule has 0 spiro atoms. The summed E-state index contributed by atoms with van der Waals surface area (Å²) in [5.74, 6) is 0. The Bertz CT molecular complexity index is 155. The van der Waals surface area contributed by atoms with Crippen LogP contribution in [0.3, 0.4) is 0 Å². The Morgan fingerprint density at radius 2 is 1.85 bits per heavy atom. The van der Waals surface area contributed by atoms with Crippen molar-refractivity contribution in [3.8, 4) is 0 Å². The third-order valence-corrected chi connectivity index (χ3v) is 2.51. The van der Waals surface area contributed by atoms with Gasteiger partial charge < -0.3 is 10.6 Å². The maximum Gasteiger partial charge on any atom is 0.166 e. The molecule has 78 valence electrons. The molecule has 0 fully saturated rings. The second kappa shape index (κ2) is 6.19. The minimum Gasteiger partial charge on any atom is -0.363 e. The molecule has 0 amide bonds. The van der Waals surface area contributed by atoms with Gasteiger partial charge in [0.05, 0.1) is 0 Å². The highest BCUT2D eigenvalue weighted by atomic mass is 32.1. The van der Waals surface area contributed by atoms with Crippen molar-refractivity contribution in [3.63, 3.8) is 0 Å². The summed E-state index contributed by atoms with van der Waals surface area (Å²) in [7, 11) is 0. The molecule has 3 heteroatoms. The number of thiocarbonyl (C=S) groups is 1. The third-order valence-electron chi connectivity index (χ3n) is 2.22. The summed E-state index contributed by atoms with van der Waals surface area (Å²) in [6, 6.07) is 0. The average Bonchev–Trinajstić information content (AvgIpc) is 2.11. The highest BCUT2D eigenvalue weighted by Gasteiger charge is 2.14. The predicted molar refractivity (Wildman–Crippen MR) is 63.0 cm³/mol. The lowest BCUT2D eigenvalue weighted by Gasteiger charge is -2.23. The second-order valence-corrected chi connectivity index (χ2v) is 4.54. The van der Waals surface area contributed by atoms with Crippen molar-refractivity contribution in [1.82, 2.24) is 10.6 Å². The molecular weight excluding hydrogens is 180 g/mol. The quantitative estimate of drug-likeness (QED) is 0.669. The molecule has 13 heavy (non-hydrogen) atoms. The van der Waals surface area contributed by atoms with Gasteiger partial charge in [-0.05, 0) is 30.5 Å². The molecule has 0 aliphatic rings. The summed E-state index contributed by atoms with van der Waals surface area (Å²) in [5, 5.41) is 7.16. The van der Waals surface area contributed by atoms with E-state index in [-0.39, 0.29) is 0 Å². The lowest BCUT2D eigenvalue weighted by atomic mass is 9.90. The van der Waals surface area contributed by atoms with E-state index in [1.165, 1.54) is 0 Å². The van der Waals surface area contributed by atoms with Crippen molar-refractivity contribution in [2.45, 2.75) is 40.5 Å². The van der Waals surface area contributed by atoms with Crippen LogP contribution in [-0.4, -0.2) is 18.2 Å². The molecule has 2 nitrogen and oxygen atoms in total. The molecule has 0 unspecified atom stereocenters. The molecule has 0 aliphatic carbocycles. The van der Waals surface area contributed by atoms with Gasteiger partial charge in [0.1, 0.15) is 0 Å².